The van der Waals surface area contributed by atoms with Crippen LogP contribution in [0, 0.1) is 5.41 Å². The van der Waals surface area contributed by atoms with Crippen molar-refractivity contribution < 1.29 is 19.2 Å². The van der Waals surface area contributed by atoms with E-state index < -0.39 is 5.92 Å². The van der Waals surface area contributed by atoms with Gasteiger partial charge in [-0.2, -0.15) is 5.90 Å². The number of carbonyl (C=O) groups excluding carboxylic acids is 2. The van der Waals surface area contributed by atoms with Crippen molar-refractivity contribution in [1.82, 2.24) is 0 Å². The van der Waals surface area contributed by atoms with Crippen LogP contribution in [0.3, 0.4) is 0 Å². The third kappa shape index (κ3) is 3.03. The molecule has 124 valence electrons. The molecule has 1 aliphatic heterocycles. The average molecular weight is 317 g/mol. The van der Waals surface area contributed by atoms with Crippen LogP contribution in [0.2, 0.25) is 0 Å². The first-order valence-corrected chi connectivity index (χ1v) is 8.21. The van der Waals surface area contributed by atoms with Crippen molar-refractivity contribution in [3.05, 3.63) is 29.3 Å². The lowest BCUT2D eigenvalue weighted by Crippen LogP contribution is -2.42. The Labute approximate surface area is 136 Å². The van der Waals surface area contributed by atoms with Crippen LogP contribution in [0.1, 0.15) is 49.7 Å². The minimum absolute atomic E-state index is 0.0204. The van der Waals surface area contributed by atoms with Crippen molar-refractivity contribution >= 4 is 11.6 Å². The first-order valence-electron chi connectivity index (χ1n) is 8.21. The number of carbonyl (C=O) groups is 2. The highest BCUT2D eigenvalue weighted by atomic mass is 16.6. The molecule has 1 saturated heterocycles. The van der Waals surface area contributed by atoms with E-state index in [1.807, 2.05) is 13.0 Å². The summed E-state index contributed by atoms with van der Waals surface area (Å²) in [5.74, 6) is 5.08. The third-order valence-electron chi connectivity index (χ3n) is 5.24. The van der Waals surface area contributed by atoms with E-state index >= 15 is 0 Å². The summed E-state index contributed by atoms with van der Waals surface area (Å²) >= 11 is 0. The first-order chi connectivity index (χ1) is 11.1. The molecule has 1 aliphatic carbocycles. The van der Waals surface area contributed by atoms with Gasteiger partial charge < -0.3 is 9.57 Å². The number of rotatable bonds is 3. The van der Waals surface area contributed by atoms with Gasteiger partial charge in [0.15, 0.2) is 0 Å². The van der Waals surface area contributed by atoms with Crippen LogP contribution in [0.25, 0.3) is 0 Å². The maximum Gasteiger partial charge on any atom is 0.148 e. The Morgan fingerprint density at radius 3 is 2.43 bits per heavy atom. The van der Waals surface area contributed by atoms with Crippen LogP contribution in [-0.4, -0.2) is 24.8 Å². The molecule has 0 atom stereocenters. The largest absolute Gasteiger partial charge is 0.412 e. The van der Waals surface area contributed by atoms with E-state index in [4.69, 9.17) is 15.5 Å². The summed E-state index contributed by atoms with van der Waals surface area (Å²) in [6.45, 7) is 3.30. The summed E-state index contributed by atoms with van der Waals surface area (Å²) in [7, 11) is 0. The number of nitrogens with two attached hydrogens (primary N) is 1. The lowest BCUT2D eigenvalue weighted by atomic mass is 9.63. The highest BCUT2D eigenvalue weighted by Gasteiger charge is 2.46. The second kappa shape index (κ2) is 6.42. The fraction of sp³-hybridized carbons (Fsp3) is 0.556. The number of ether oxygens (including phenoxy) is 1. The molecule has 1 aromatic rings. The molecule has 5 nitrogen and oxygen atoms in total. The molecule has 1 heterocycles. The molecule has 1 aromatic carbocycles. The van der Waals surface area contributed by atoms with Crippen LogP contribution in [0.15, 0.2) is 18.2 Å². The molecule has 0 unspecified atom stereocenters. The van der Waals surface area contributed by atoms with Crippen LogP contribution < -0.4 is 10.7 Å². The molecule has 5 heteroatoms. The molecule has 0 radical (unpaired) electrons. The Bertz CT molecular complexity index is 599. The second-order valence-corrected chi connectivity index (χ2v) is 6.66. The van der Waals surface area contributed by atoms with Crippen LogP contribution in [-0.2, 0) is 20.7 Å². The van der Waals surface area contributed by atoms with Gasteiger partial charge in [-0.25, -0.2) is 0 Å². The summed E-state index contributed by atoms with van der Waals surface area (Å²) < 4.78 is 5.39. The molecule has 0 amide bonds. The number of hydrogen-bond acceptors (Lipinski definition) is 5. The normalized spacial score (nSPS) is 21.7. The minimum Gasteiger partial charge on any atom is -0.412 e. The first kappa shape index (κ1) is 16.1. The van der Waals surface area contributed by atoms with Gasteiger partial charge in [-0.05, 0) is 47.9 Å². The molecule has 1 spiro atoms. The van der Waals surface area contributed by atoms with Gasteiger partial charge in [0.1, 0.15) is 23.2 Å². The SMILES string of the molecule is CCc1ccc(ON)cc1C1C(=O)CC2(CCOCC2)CC1=O. The number of ketones is 2. The minimum atomic E-state index is -0.673. The third-order valence-corrected chi connectivity index (χ3v) is 5.24. The molecule has 2 aliphatic rings. The van der Waals surface area contributed by atoms with Crippen molar-refractivity contribution in [2.24, 2.45) is 11.3 Å². The second-order valence-electron chi connectivity index (χ2n) is 6.66. The predicted octanol–water partition coefficient (Wildman–Crippen LogP) is 2.31. The Hall–Kier alpha value is -1.72. The van der Waals surface area contributed by atoms with E-state index in [9.17, 15) is 9.59 Å². The van der Waals surface area contributed by atoms with Gasteiger partial charge in [0.2, 0.25) is 0 Å². The van der Waals surface area contributed by atoms with Gasteiger partial charge in [0.05, 0.1) is 0 Å². The van der Waals surface area contributed by atoms with Crippen LogP contribution >= 0.6 is 0 Å². The zero-order valence-corrected chi connectivity index (χ0v) is 13.5. The Kier molecular flexibility index (Phi) is 4.50. The highest BCUT2D eigenvalue weighted by molar-refractivity contribution is 6.10. The molecule has 3 rings (SSSR count). The Balaban J connectivity index is 1.92. The molecular formula is C18H23NO4. The van der Waals surface area contributed by atoms with Crippen LogP contribution in [0.4, 0.5) is 0 Å². The smallest absolute Gasteiger partial charge is 0.148 e. The molecular weight excluding hydrogens is 294 g/mol. The summed E-state index contributed by atoms with van der Waals surface area (Å²) in [6.07, 6.45) is 3.27. The van der Waals surface area contributed by atoms with Crippen molar-refractivity contribution in [3.63, 3.8) is 0 Å². The van der Waals surface area contributed by atoms with Crippen LogP contribution in [0.5, 0.6) is 5.75 Å². The lowest BCUT2D eigenvalue weighted by molar-refractivity contribution is -0.139. The molecule has 2 N–H and O–H groups in total. The molecule has 23 heavy (non-hydrogen) atoms. The summed E-state index contributed by atoms with van der Waals surface area (Å²) in [4.78, 5) is 30.4. The van der Waals surface area contributed by atoms with E-state index in [1.165, 1.54) is 0 Å². The van der Waals surface area contributed by atoms with E-state index in [0.717, 1.165) is 30.4 Å². The zero-order chi connectivity index (χ0) is 16.4. The lowest BCUT2D eigenvalue weighted by Gasteiger charge is -2.41. The number of hydrogen-bond donors (Lipinski definition) is 1. The standard InChI is InChI=1S/C18H23NO4/c1-2-12-3-4-13(23-19)9-14(12)17-15(20)10-18(11-16(17)21)5-7-22-8-6-18/h3-4,9,17H,2,5-8,10-11,19H2,1H3. The fourth-order valence-electron chi connectivity index (χ4n) is 3.93. The fourth-order valence-corrected chi connectivity index (χ4v) is 3.93. The monoisotopic (exact) mass is 317 g/mol. The van der Waals surface area contributed by atoms with Gasteiger partial charge in [0.25, 0.3) is 0 Å². The van der Waals surface area contributed by atoms with Gasteiger partial charge in [-0.1, -0.05) is 13.0 Å². The van der Waals surface area contributed by atoms with Gasteiger partial charge >= 0.3 is 0 Å². The highest BCUT2D eigenvalue weighted by Crippen LogP contribution is 2.46. The Morgan fingerprint density at radius 1 is 1.22 bits per heavy atom. The van der Waals surface area contributed by atoms with E-state index in [1.54, 1.807) is 12.1 Å². The van der Waals surface area contributed by atoms with Crippen molar-refractivity contribution in [2.45, 2.75) is 44.9 Å². The zero-order valence-electron chi connectivity index (χ0n) is 13.5. The summed E-state index contributed by atoms with van der Waals surface area (Å²) in [6, 6.07) is 5.39. The van der Waals surface area contributed by atoms with Gasteiger partial charge in [0, 0.05) is 26.1 Å². The Morgan fingerprint density at radius 2 is 1.87 bits per heavy atom. The van der Waals surface area contributed by atoms with Gasteiger partial charge in [-0.15, -0.1) is 0 Å². The van der Waals surface area contributed by atoms with E-state index in [0.29, 0.717) is 31.8 Å². The van der Waals surface area contributed by atoms with Crippen molar-refractivity contribution in [2.75, 3.05) is 13.2 Å². The molecule has 0 aromatic heterocycles. The van der Waals surface area contributed by atoms with Crippen molar-refractivity contribution in [3.8, 4) is 5.75 Å². The number of Topliss-reactive ketones (excluding diaryl/α,β-unsaturated/α-hetero) is 2. The predicted molar refractivity (Wildman–Crippen MR) is 85.1 cm³/mol. The quantitative estimate of drug-likeness (QED) is 0.683. The maximum absolute atomic E-state index is 12.8. The molecule has 2 fully saturated rings. The number of aryl methyl sites for hydroxylation is 1. The van der Waals surface area contributed by atoms with E-state index in [-0.39, 0.29) is 17.0 Å². The molecule has 0 bridgehead atoms. The topological polar surface area (TPSA) is 78.6 Å². The average Bonchev–Trinajstić information content (AvgIpc) is 2.54. The van der Waals surface area contributed by atoms with E-state index in [2.05, 4.69) is 0 Å². The summed E-state index contributed by atoms with van der Waals surface area (Å²) in [5, 5.41) is 0. The summed E-state index contributed by atoms with van der Waals surface area (Å²) in [5.41, 5.74) is 1.57. The van der Waals surface area contributed by atoms with Crippen molar-refractivity contribution in [1.29, 1.82) is 0 Å². The number of benzene rings is 1. The molecule has 1 saturated carbocycles. The maximum atomic E-state index is 12.8. The van der Waals surface area contributed by atoms with Gasteiger partial charge in [-0.3, -0.25) is 9.59 Å².